The summed E-state index contributed by atoms with van der Waals surface area (Å²) in [5.41, 5.74) is 8.02. The molecule has 0 unspecified atom stereocenters. The molecule has 130 valence electrons. The highest BCUT2D eigenvalue weighted by Gasteiger charge is 2.30. The molecule has 0 fully saturated rings. The van der Waals surface area contributed by atoms with E-state index in [9.17, 15) is 9.90 Å². The lowest BCUT2D eigenvalue weighted by Crippen LogP contribution is -2.42. The van der Waals surface area contributed by atoms with Crippen LogP contribution in [-0.4, -0.2) is 27.4 Å². The fourth-order valence-electron chi connectivity index (χ4n) is 2.95. The number of carbonyl (C=O) groups excluding carboxylic acids is 1. The van der Waals surface area contributed by atoms with Gasteiger partial charge in [0.2, 0.25) is 5.91 Å². The summed E-state index contributed by atoms with van der Waals surface area (Å²) >= 11 is 0. The number of aromatic nitrogens is 1. The number of nitrogens with one attached hydrogen (secondary N) is 1. The Balaban J connectivity index is 1.73. The molecule has 1 aliphatic rings. The topological polar surface area (TPSA) is 101 Å². The van der Waals surface area contributed by atoms with Crippen molar-refractivity contribution in [3.05, 3.63) is 65.0 Å². The Hall–Kier alpha value is -2.73. The summed E-state index contributed by atoms with van der Waals surface area (Å²) in [4.78, 5) is 21.0. The second kappa shape index (κ2) is 6.64. The monoisotopic (exact) mass is 338 g/mol. The fourth-order valence-corrected chi connectivity index (χ4v) is 2.95. The van der Waals surface area contributed by atoms with Crippen LogP contribution in [0.2, 0.25) is 0 Å². The molecule has 0 spiro atoms. The van der Waals surface area contributed by atoms with E-state index in [1.54, 1.807) is 20.0 Å². The van der Waals surface area contributed by atoms with E-state index in [0.29, 0.717) is 18.1 Å². The molecule has 6 heteroatoms. The lowest BCUT2D eigenvalue weighted by molar-refractivity contribution is -0.123. The molecule has 1 aliphatic heterocycles. The van der Waals surface area contributed by atoms with Gasteiger partial charge in [0.1, 0.15) is 5.84 Å². The number of nitrogens with zero attached hydrogens (tertiary/aromatic N) is 2. The van der Waals surface area contributed by atoms with Crippen molar-refractivity contribution in [2.75, 3.05) is 0 Å². The average Bonchev–Trinajstić information content (AvgIpc) is 2.93. The number of hydrogen-bond donors (Lipinski definition) is 3. The molecule has 1 amide bonds. The quantitative estimate of drug-likeness (QED) is 0.768. The minimum absolute atomic E-state index is 0.132. The van der Waals surface area contributed by atoms with E-state index >= 15 is 0 Å². The van der Waals surface area contributed by atoms with Gasteiger partial charge in [-0.3, -0.25) is 14.8 Å². The maximum absolute atomic E-state index is 12.5. The van der Waals surface area contributed by atoms with Crippen LogP contribution in [0.5, 0.6) is 0 Å². The van der Waals surface area contributed by atoms with Crippen molar-refractivity contribution < 1.29 is 9.90 Å². The van der Waals surface area contributed by atoms with E-state index in [2.05, 4.69) is 15.3 Å². The highest BCUT2D eigenvalue weighted by atomic mass is 16.3. The molecule has 2 heterocycles. The largest absolute Gasteiger partial charge is 0.388 e. The van der Waals surface area contributed by atoms with E-state index < -0.39 is 11.6 Å². The van der Waals surface area contributed by atoms with Gasteiger partial charge in [-0.25, -0.2) is 0 Å². The minimum atomic E-state index is -1.09. The van der Waals surface area contributed by atoms with Gasteiger partial charge in [-0.05, 0) is 31.0 Å². The second-order valence-corrected chi connectivity index (χ2v) is 6.78. The number of aliphatic hydroxyl groups is 1. The third kappa shape index (κ3) is 3.85. The highest BCUT2D eigenvalue weighted by molar-refractivity contribution is 6.00. The van der Waals surface area contributed by atoms with Crippen LogP contribution in [0.25, 0.3) is 0 Å². The molecule has 25 heavy (non-hydrogen) atoms. The molecule has 3 rings (SSSR count). The van der Waals surface area contributed by atoms with Crippen molar-refractivity contribution in [3.8, 4) is 0 Å². The Morgan fingerprint density at radius 3 is 2.76 bits per heavy atom. The van der Waals surface area contributed by atoms with Crippen molar-refractivity contribution in [2.45, 2.75) is 38.5 Å². The highest BCUT2D eigenvalue weighted by Crippen LogP contribution is 2.25. The van der Waals surface area contributed by atoms with Crippen LogP contribution in [-0.2, 0) is 17.8 Å². The predicted molar refractivity (Wildman–Crippen MR) is 96.0 cm³/mol. The van der Waals surface area contributed by atoms with Crippen molar-refractivity contribution >= 4 is 11.7 Å². The third-order valence-corrected chi connectivity index (χ3v) is 4.23. The number of amidine groups is 1. The Morgan fingerprint density at radius 2 is 2.08 bits per heavy atom. The van der Waals surface area contributed by atoms with Crippen LogP contribution in [0.4, 0.5) is 0 Å². The summed E-state index contributed by atoms with van der Waals surface area (Å²) in [5, 5.41) is 13.4. The van der Waals surface area contributed by atoms with Crippen molar-refractivity contribution in [1.29, 1.82) is 0 Å². The number of fused-ring (bicyclic) bond motifs is 1. The molecule has 0 saturated carbocycles. The molecule has 1 atom stereocenters. The Bertz CT molecular complexity index is 810. The number of amides is 1. The molecule has 0 aliphatic carbocycles. The van der Waals surface area contributed by atoms with Gasteiger partial charge in [0, 0.05) is 11.8 Å². The van der Waals surface area contributed by atoms with Gasteiger partial charge in [-0.1, -0.05) is 30.3 Å². The predicted octanol–water partition coefficient (Wildman–Crippen LogP) is 1.47. The number of pyridine rings is 1. The molecule has 0 bridgehead atoms. The van der Waals surface area contributed by atoms with Gasteiger partial charge >= 0.3 is 0 Å². The summed E-state index contributed by atoms with van der Waals surface area (Å²) in [7, 11) is 0. The van der Waals surface area contributed by atoms with Gasteiger partial charge in [-0.2, -0.15) is 0 Å². The number of benzene rings is 1. The molecule has 1 aromatic carbocycles. The molecule has 1 aromatic heterocycles. The van der Waals surface area contributed by atoms with E-state index in [4.69, 9.17) is 5.73 Å². The van der Waals surface area contributed by atoms with Gasteiger partial charge in [0.25, 0.3) is 0 Å². The summed E-state index contributed by atoms with van der Waals surface area (Å²) < 4.78 is 0. The molecule has 6 nitrogen and oxygen atoms in total. The van der Waals surface area contributed by atoms with E-state index in [-0.39, 0.29) is 12.3 Å². The fraction of sp³-hybridized carbons (Fsp3) is 0.316. The summed E-state index contributed by atoms with van der Waals surface area (Å²) in [6.07, 6.45) is 1.79. The van der Waals surface area contributed by atoms with E-state index in [1.807, 2.05) is 36.4 Å². The zero-order chi connectivity index (χ0) is 18.0. The second-order valence-electron chi connectivity index (χ2n) is 6.78. The number of hydrogen-bond acceptors (Lipinski definition) is 5. The first-order valence-electron chi connectivity index (χ1n) is 8.19. The molecular weight excluding hydrogens is 316 g/mol. The average molecular weight is 338 g/mol. The Morgan fingerprint density at radius 1 is 1.36 bits per heavy atom. The van der Waals surface area contributed by atoms with E-state index in [0.717, 1.165) is 16.7 Å². The maximum Gasteiger partial charge on any atom is 0.226 e. The normalized spacial score (nSPS) is 14.6. The van der Waals surface area contributed by atoms with Crippen LogP contribution in [0.1, 0.15) is 42.3 Å². The maximum atomic E-state index is 12.5. The smallest absolute Gasteiger partial charge is 0.226 e. The lowest BCUT2D eigenvalue weighted by Gasteiger charge is -2.30. The van der Waals surface area contributed by atoms with Crippen molar-refractivity contribution in [1.82, 2.24) is 10.3 Å². The number of aliphatic imine (C=N–C) groups is 1. The van der Waals surface area contributed by atoms with Gasteiger partial charge < -0.3 is 16.2 Å². The Labute approximate surface area is 146 Å². The van der Waals surface area contributed by atoms with Crippen LogP contribution in [0.3, 0.4) is 0 Å². The summed E-state index contributed by atoms with van der Waals surface area (Å²) in [5.74, 6) is 0.292. The first-order chi connectivity index (χ1) is 11.8. The number of rotatable bonds is 5. The summed E-state index contributed by atoms with van der Waals surface area (Å²) in [6.45, 7) is 3.88. The van der Waals surface area contributed by atoms with Crippen LogP contribution < -0.4 is 11.1 Å². The lowest BCUT2D eigenvalue weighted by atomic mass is 9.91. The minimum Gasteiger partial charge on any atom is -0.388 e. The number of nitrogens with two attached hydrogens (primary N) is 1. The standard InChI is InChI=1S/C19H22N4O2/c1-19(2,25)17(12-6-4-3-5-7-12)23-16(24)9-14-8-13-10-22-18(20)15(13)11-21-14/h3-8,11,17,25H,9-10H2,1-2H3,(H2,20,22)(H,23,24)/t17-/m0/s1. The van der Waals surface area contributed by atoms with Crippen molar-refractivity contribution in [2.24, 2.45) is 10.7 Å². The van der Waals surface area contributed by atoms with Crippen molar-refractivity contribution in [3.63, 3.8) is 0 Å². The SMILES string of the molecule is CC(C)(O)[C@@H](NC(=O)Cc1cc2c(cn1)C(N)=NC2)c1ccccc1. The number of carbonyl (C=O) groups is 1. The Kier molecular flexibility index (Phi) is 4.55. The van der Waals surface area contributed by atoms with Crippen LogP contribution >= 0.6 is 0 Å². The van der Waals surface area contributed by atoms with Crippen LogP contribution in [0.15, 0.2) is 47.6 Å². The van der Waals surface area contributed by atoms with Crippen LogP contribution in [0, 0.1) is 0 Å². The zero-order valence-electron chi connectivity index (χ0n) is 14.4. The van der Waals surface area contributed by atoms with Gasteiger partial charge in [-0.15, -0.1) is 0 Å². The molecule has 0 radical (unpaired) electrons. The first kappa shape index (κ1) is 17.1. The molecule has 2 aromatic rings. The molecular formula is C19H22N4O2. The van der Waals surface area contributed by atoms with E-state index in [1.165, 1.54) is 0 Å². The first-order valence-corrected chi connectivity index (χ1v) is 8.19. The molecule has 4 N–H and O–H groups in total. The zero-order valence-corrected chi connectivity index (χ0v) is 14.4. The molecule has 0 saturated heterocycles. The van der Waals surface area contributed by atoms with Gasteiger partial charge in [0.05, 0.1) is 30.3 Å². The van der Waals surface area contributed by atoms with Gasteiger partial charge in [0.15, 0.2) is 0 Å². The third-order valence-electron chi connectivity index (χ3n) is 4.23. The summed E-state index contributed by atoms with van der Waals surface area (Å²) in [6, 6.07) is 10.8.